The van der Waals surface area contributed by atoms with E-state index in [9.17, 15) is 29.3 Å². The normalized spacial score (nSPS) is 15.1. The van der Waals surface area contributed by atoms with Crippen molar-refractivity contribution in [3.8, 4) is 0 Å². The number of nitro groups is 1. The smallest absolute Gasteiger partial charge is 0.270 e. The fraction of sp³-hybridized carbons (Fsp3) is 0.391. The van der Waals surface area contributed by atoms with Gasteiger partial charge in [-0.1, -0.05) is 23.7 Å². The Morgan fingerprint density at radius 1 is 1.15 bits per heavy atom. The van der Waals surface area contributed by atoms with Gasteiger partial charge in [0.05, 0.1) is 9.95 Å². The number of ketones is 1. The molecule has 180 valence electrons. The molecule has 0 radical (unpaired) electrons. The molecule has 0 bridgehead atoms. The number of piperidine rings is 1. The molecule has 10 nitrogen and oxygen atoms in total. The lowest BCUT2D eigenvalue weighted by molar-refractivity contribution is -0.384. The second-order valence-electron chi connectivity index (χ2n) is 8.43. The summed E-state index contributed by atoms with van der Waals surface area (Å²) in [5.41, 5.74) is -1.01. The van der Waals surface area contributed by atoms with Gasteiger partial charge in [0.2, 0.25) is 5.91 Å². The third-order valence-corrected chi connectivity index (χ3v) is 5.84. The lowest BCUT2D eigenvalue weighted by Crippen LogP contribution is -2.48. The molecule has 2 heterocycles. The number of carbonyl (C=O) groups excluding carboxylic acids is 3. The summed E-state index contributed by atoms with van der Waals surface area (Å²) in [5, 5.41) is 14.2. The van der Waals surface area contributed by atoms with Crippen molar-refractivity contribution in [2.45, 2.75) is 38.8 Å². The first kappa shape index (κ1) is 25.1. The molecular formula is C23H25ClN4O6. The monoisotopic (exact) mass is 488 g/mol. The van der Waals surface area contributed by atoms with E-state index in [0.29, 0.717) is 12.8 Å². The summed E-state index contributed by atoms with van der Waals surface area (Å²) >= 11 is 6.03. The zero-order valence-electron chi connectivity index (χ0n) is 18.8. The molecular weight excluding hydrogens is 464 g/mol. The summed E-state index contributed by atoms with van der Waals surface area (Å²) in [5.74, 6) is -1.75. The highest BCUT2D eigenvalue weighted by atomic mass is 35.5. The fourth-order valence-electron chi connectivity index (χ4n) is 3.90. The number of amides is 2. The molecule has 1 N–H and O–H groups in total. The van der Waals surface area contributed by atoms with E-state index in [1.165, 1.54) is 35.4 Å². The molecule has 2 aromatic rings. The van der Waals surface area contributed by atoms with Crippen LogP contribution in [-0.4, -0.2) is 51.1 Å². The minimum atomic E-state index is -1.59. The van der Waals surface area contributed by atoms with Gasteiger partial charge < -0.3 is 10.2 Å². The standard InChI is InChI=1S/C23H25ClN4O6/c1-14(2)25-22(31)15-8-10-26(11-9-15)23(32)20(27-13-17(24)6-7-19(27)29)21(30)16-4-3-5-18(12-16)28(33)34/h3-7,12-15,20H,8-11H2,1-2H3,(H,25,31)/t20-/m1/s1. The first-order valence-corrected chi connectivity index (χ1v) is 11.2. The number of hydrogen-bond donors (Lipinski definition) is 1. The van der Waals surface area contributed by atoms with Crippen molar-refractivity contribution < 1.29 is 19.3 Å². The first-order chi connectivity index (χ1) is 16.1. The molecule has 0 unspecified atom stereocenters. The molecule has 1 fully saturated rings. The van der Waals surface area contributed by atoms with Gasteiger partial charge >= 0.3 is 0 Å². The predicted octanol–water partition coefficient (Wildman–Crippen LogP) is 2.60. The average Bonchev–Trinajstić information content (AvgIpc) is 2.81. The Kier molecular flexibility index (Phi) is 7.83. The van der Waals surface area contributed by atoms with Crippen LogP contribution in [0.1, 0.15) is 43.1 Å². The van der Waals surface area contributed by atoms with E-state index in [-0.39, 0.29) is 47.2 Å². The SMILES string of the molecule is CC(C)NC(=O)C1CCN(C(=O)[C@@H](C(=O)c2cccc([N+](=O)[O-])c2)n2cc(Cl)ccc2=O)CC1. The summed E-state index contributed by atoms with van der Waals surface area (Å²) in [7, 11) is 0. The van der Waals surface area contributed by atoms with Gasteiger partial charge in [-0.05, 0) is 32.8 Å². The number of nitro benzene ring substituents is 1. The van der Waals surface area contributed by atoms with E-state index < -0.39 is 28.2 Å². The van der Waals surface area contributed by atoms with E-state index in [4.69, 9.17) is 11.6 Å². The van der Waals surface area contributed by atoms with Crippen LogP contribution in [0.5, 0.6) is 0 Å². The van der Waals surface area contributed by atoms with E-state index in [1.54, 1.807) is 0 Å². The summed E-state index contributed by atoms with van der Waals surface area (Å²) in [6, 6.07) is 5.89. The van der Waals surface area contributed by atoms with Crippen LogP contribution < -0.4 is 10.9 Å². The van der Waals surface area contributed by atoms with E-state index in [1.807, 2.05) is 13.8 Å². The molecule has 1 aliphatic rings. The highest BCUT2D eigenvalue weighted by Crippen LogP contribution is 2.25. The number of likely N-dealkylation sites (tertiary alicyclic amines) is 1. The van der Waals surface area contributed by atoms with E-state index in [2.05, 4.69) is 5.32 Å². The Hall–Kier alpha value is -3.53. The maximum absolute atomic E-state index is 13.5. The minimum absolute atomic E-state index is 0.00111. The van der Waals surface area contributed by atoms with Crippen LogP contribution in [0.3, 0.4) is 0 Å². The Bertz CT molecular complexity index is 1170. The molecule has 1 aromatic heterocycles. The van der Waals surface area contributed by atoms with Gasteiger partial charge in [0.1, 0.15) is 0 Å². The number of nitrogens with zero attached hydrogens (tertiary/aromatic N) is 3. The Balaban J connectivity index is 1.91. The topological polar surface area (TPSA) is 132 Å². The summed E-state index contributed by atoms with van der Waals surface area (Å²) < 4.78 is 0.948. The second kappa shape index (κ2) is 10.6. The van der Waals surface area contributed by atoms with Gasteiger partial charge in [0.15, 0.2) is 11.8 Å². The molecule has 0 aliphatic carbocycles. The van der Waals surface area contributed by atoms with Crippen molar-refractivity contribution in [1.82, 2.24) is 14.8 Å². The van der Waals surface area contributed by atoms with Crippen LogP contribution in [-0.2, 0) is 9.59 Å². The van der Waals surface area contributed by atoms with Crippen molar-refractivity contribution in [3.63, 3.8) is 0 Å². The molecule has 3 rings (SSSR count). The zero-order valence-corrected chi connectivity index (χ0v) is 19.5. The van der Waals surface area contributed by atoms with Gasteiger partial charge in [-0.2, -0.15) is 0 Å². The van der Waals surface area contributed by atoms with Crippen LogP contribution in [0.15, 0.2) is 47.4 Å². The molecule has 1 aliphatic heterocycles. The van der Waals surface area contributed by atoms with Gasteiger partial charge in [0, 0.05) is 55.0 Å². The van der Waals surface area contributed by atoms with E-state index in [0.717, 1.165) is 16.7 Å². The summed E-state index contributed by atoms with van der Waals surface area (Å²) in [6.45, 7) is 4.18. The quantitative estimate of drug-likeness (QED) is 0.276. The third kappa shape index (κ3) is 5.69. The molecule has 11 heteroatoms. The van der Waals surface area contributed by atoms with Crippen LogP contribution in [0, 0.1) is 16.0 Å². The predicted molar refractivity (Wildman–Crippen MR) is 125 cm³/mol. The first-order valence-electron chi connectivity index (χ1n) is 10.8. The molecule has 0 saturated carbocycles. The number of benzene rings is 1. The fourth-order valence-corrected chi connectivity index (χ4v) is 4.07. The van der Waals surface area contributed by atoms with Crippen LogP contribution in [0.25, 0.3) is 0 Å². The number of hydrogen-bond acceptors (Lipinski definition) is 6. The van der Waals surface area contributed by atoms with Gasteiger partial charge in [-0.3, -0.25) is 33.9 Å². The van der Waals surface area contributed by atoms with Crippen LogP contribution in [0.4, 0.5) is 5.69 Å². The summed E-state index contributed by atoms with van der Waals surface area (Å²) in [6.07, 6.45) is 2.02. The summed E-state index contributed by atoms with van der Waals surface area (Å²) in [4.78, 5) is 63.8. The number of aromatic nitrogens is 1. The van der Waals surface area contributed by atoms with Gasteiger partial charge in [-0.15, -0.1) is 0 Å². The molecule has 1 atom stereocenters. The number of nitrogens with one attached hydrogen (secondary N) is 1. The Morgan fingerprint density at radius 3 is 2.44 bits per heavy atom. The largest absolute Gasteiger partial charge is 0.354 e. The van der Waals surface area contributed by atoms with Crippen molar-refractivity contribution in [2.75, 3.05) is 13.1 Å². The molecule has 0 spiro atoms. The third-order valence-electron chi connectivity index (χ3n) is 5.61. The Morgan fingerprint density at radius 2 is 1.82 bits per heavy atom. The van der Waals surface area contributed by atoms with Gasteiger partial charge in [0.25, 0.3) is 17.2 Å². The maximum Gasteiger partial charge on any atom is 0.270 e. The van der Waals surface area contributed by atoms with Crippen molar-refractivity contribution in [2.24, 2.45) is 5.92 Å². The second-order valence-corrected chi connectivity index (χ2v) is 8.87. The number of pyridine rings is 1. The van der Waals surface area contributed by atoms with E-state index >= 15 is 0 Å². The van der Waals surface area contributed by atoms with Crippen molar-refractivity contribution in [3.05, 3.63) is 73.6 Å². The number of halogens is 1. The number of non-ortho nitro benzene ring substituents is 1. The Labute approximate surface area is 200 Å². The minimum Gasteiger partial charge on any atom is -0.354 e. The number of carbonyl (C=O) groups is 3. The number of Topliss-reactive ketones (excluding diaryl/α,β-unsaturated/α-hetero) is 1. The highest BCUT2D eigenvalue weighted by Gasteiger charge is 2.37. The van der Waals surface area contributed by atoms with Crippen LogP contribution >= 0.6 is 11.6 Å². The van der Waals surface area contributed by atoms with Crippen molar-refractivity contribution in [1.29, 1.82) is 0 Å². The maximum atomic E-state index is 13.5. The van der Waals surface area contributed by atoms with Gasteiger partial charge in [-0.25, -0.2) is 0 Å². The molecule has 1 saturated heterocycles. The van der Waals surface area contributed by atoms with Crippen LogP contribution in [0.2, 0.25) is 5.02 Å². The molecule has 1 aromatic carbocycles. The van der Waals surface area contributed by atoms with Crippen molar-refractivity contribution >= 4 is 34.9 Å². The lowest BCUT2D eigenvalue weighted by atomic mass is 9.94. The highest BCUT2D eigenvalue weighted by molar-refractivity contribution is 6.30. The molecule has 2 amide bonds. The number of rotatable bonds is 7. The molecule has 34 heavy (non-hydrogen) atoms. The lowest BCUT2D eigenvalue weighted by Gasteiger charge is -2.34. The average molecular weight is 489 g/mol. The zero-order chi connectivity index (χ0) is 25.0.